The van der Waals surface area contributed by atoms with Gasteiger partial charge >= 0.3 is 0 Å². The topological polar surface area (TPSA) is 75.4 Å². The molecule has 0 unspecified atom stereocenters. The number of rotatable bonds is 4. The smallest absolute Gasteiger partial charge is 0.250 e. The summed E-state index contributed by atoms with van der Waals surface area (Å²) in [6.07, 6.45) is 0. The summed E-state index contributed by atoms with van der Waals surface area (Å²) in [4.78, 5) is 11.1. The second-order valence-electron chi connectivity index (χ2n) is 4.20. The Kier molecular flexibility index (Phi) is 4.37. The number of halogens is 2. The van der Waals surface area contributed by atoms with Crippen LogP contribution in [0.25, 0.3) is 0 Å². The van der Waals surface area contributed by atoms with Crippen molar-refractivity contribution in [2.24, 2.45) is 5.73 Å². The minimum atomic E-state index is -0.563. The number of phenols is 1. The molecule has 1 amide bonds. The number of aromatic hydroxyl groups is 1. The fourth-order valence-electron chi connectivity index (χ4n) is 1.69. The molecule has 4 N–H and O–H groups in total. The van der Waals surface area contributed by atoms with Crippen molar-refractivity contribution in [3.05, 3.63) is 57.6 Å². The Morgan fingerprint density at radius 1 is 1.15 bits per heavy atom. The Labute approximate surface area is 126 Å². The Morgan fingerprint density at radius 3 is 2.50 bits per heavy atom. The molecule has 0 saturated heterocycles. The number of nitrogens with two attached hydrogens (primary N) is 1. The molecule has 0 heterocycles. The van der Waals surface area contributed by atoms with Gasteiger partial charge in [0.2, 0.25) is 5.91 Å². The maximum absolute atomic E-state index is 11.1. The van der Waals surface area contributed by atoms with Crippen molar-refractivity contribution in [2.45, 2.75) is 6.54 Å². The highest BCUT2D eigenvalue weighted by Crippen LogP contribution is 2.25. The molecule has 0 aliphatic rings. The first-order valence-electron chi connectivity index (χ1n) is 5.78. The lowest BCUT2D eigenvalue weighted by Crippen LogP contribution is -2.11. The summed E-state index contributed by atoms with van der Waals surface area (Å²) in [5.74, 6) is -0.517. The number of primary amides is 1. The zero-order valence-corrected chi connectivity index (χ0v) is 11.9. The molecule has 2 aromatic carbocycles. The van der Waals surface area contributed by atoms with E-state index in [1.807, 2.05) is 0 Å². The molecule has 0 aromatic heterocycles. The van der Waals surface area contributed by atoms with E-state index >= 15 is 0 Å². The van der Waals surface area contributed by atoms with Gasteiger partial charge in [0.05, 0.1) is 15.6 Å². The molecule has 0 bridgehead atoms. The molecule has 2 rings (SSSR count). The van der Waals surface area contributed by atoms with Crippen LogP contribution in [0.5, 0.6) is 5.75 Å². The van der Waals surface area contributed by atoms with Crippen molar-refractivity contribution < 1.29 is 9.90 Å². The third-order valence-corrected chi connectivity index (χ3v) is 3.36. The molecule has 104 valence electrons. The van der Waals surface area contributed by atoms with E-state index in [1.54, 1.807) is 30.3 Å². The first-order valence-corrected chi connectivity index (χ1v) is 6.53. The fourth-order valence-corrected chi connectivity index (χ4v) is 2.17. The first kappa shape index (κ1) is 14.5. The first-order chi connectivity index (χ1) is 9.47. The van der Waals surface area contributed by atoms with Gasteiger partial charge in [0.15, 0.2) is 0 Å². The van der Waals surface area contributed by atoms with Crippen molar-refractivity contribution >= 4 is 34.8 Å². The third kappa shape index (κ3) is 3.35. The third-order valence-electron chi connectivity index (χ3n) is 2.74. The Bertz CT molecular complexity index is 660. The fraction of sp³-hybridized carbons (Fsp3) is 0.0714. The molecule has 0 aliphatic heterocycles. The van der Waals surface area contributed by atoms with Crippen LogP contribution in [0.1, 0.15) is 15.9 Å². The maximum Gasteiger partial charge on any atom is 0.250 e. The average Bonchev–Trinajstić information content (AvgIpc) is 2.40. The second kappa shape index (κ2) is 6.03. The highest BCUT2D eigenvalue weighted by atomic mass is 35.5. The molecule has 4 nitrogen and oxygen atoms in total. The normalized spacial score (nSPS) is 10.3. The Balaban J connectivity index is 2.09. The predicted octanol–water partition coefficient (Wildman–Crippen LogP) is 3.41. The van der Waals surface area contributed by atoms with E-state index in [4.69, 9.17) is 28.9 Å². The molecule has 0 saturated carbocycles. The zero-order valence-electron chi connectivity index (χ0n) is 10.4. The largest absolute Gasteiger partial charge is 0.506 e. The molecule has 0 aliphatic carbocycles. The number of hydrogen-bond acceptors (Lipinski definition) is 3. The number of nitrogens with one attached hydrogen (secondary N) is 1. The molecule has 0 atom stereocenters. The second-order valence-corrected chi connectivity index (χ2v) is 5.01. The van der Waals surface area contributed by atoms with Crippen molar-refractivity contribution in [1.82, 2.24) is 0 Å². The van der Waals surface area contributed by atoms with Crippen molar-refractivity contribution in [2.75, 3.05) is 5.32 Å². The molecule has 20 heavy (non-hydrogen) atoms. The van der Waals surface area contributed by atoms with Gasteiger partial charge in [-0.1, -0.05) is 29.3 Å². The number of amides is 1. The monoisotopic (exact) mass is 310 g/mol. The summed E-state index contributed by atoms with van der Waals surface area (Å²) < 4.78 is 0. The van der Waals surface area contributed by atoms with Crippen LogP contribution in [0.4, 0.5) is 5.69 Å². The van der Waals surface area contributed by atoms with Gasteiger partial charge in [0, 0.05) is 12.2 Å². The van der Waals surface area contributed by atoms with Crippen LogP contribution in [-0.4, -0.2) is 11.0 Å². The average molecular weight is 311 g/mol. The van der Waals surface area contributed by atoms with E-state index in [0.29, 0.717) is 16.6 Å². The molecule has 0 spiro atoms. The highest BCUT2D eigenvalue weighted by molar-refractivity contribution is 6.34. The van der Waals surface area contributed by atoms with Crippen LogP contribution in [0.15, 0.2) is 36.4 Å². The standard InChI is InChI=1S/C14H12Cl2N2O2/c15-11-6-9(2-3-10(11)14(17)20)18-7-8-1-4-13(19)12(16)5-8/h1-6,18-19H,7H2,(H2,17,20). The van der Waals surface area contributed by atoms with Crippen LogP contribution in [0.2, 0.25) is 10.0 Å². The van der Waals surface area contributed by atoms with Gasteiger partial charge in [0.1, 0.15) is 5.75 Å². The van der Waals surface area contributed by atoms with E-state index in [0.717, 1.165) is 11.3 Å². The minimum absolute atomic E-state index is 0.0456. The number of phenolic OH excluding ortho intramolecular Hbond substituents is 1. The van der Waals surface area contributed by atoms with Crippen molar-refractivity contribution in [1.29, 1.82) is 0 Å². The molecule has 6 heteroatoms. The molecule has 0 radical (unpaired) electrons. The summed E-state index contributed by atoms with van der Waals surface area (Å²) in [6, 6.07) is 9.87. The van der Waals surface area contributed by atoms with Crippen LogP contribution in [-0.2, 0) is 6.54 Å². The van der Waals surface area contributed by atoms with E-state index in [9.17, 15) is 9.90 Å². The number of hydrogen-bond donors (Lipinski definition) is 3. The highest BCUT2D eigenvalue weighted by Gasteiger charge is 2.07. The van der Waals surface area contributed by atoms with E-state index < -0.39 is 5.91 Å². The lowest BCUT2D eigenvalue weighted by atomic mass is 10.1. The van der Waals surface area contributed by atoms with Crippen LogP contribution < -0.4 is 11.1 Å². The zero-order chi connectivity index (χ0) is 14.7. The van der Waals surface area contributed by atoms with Crippen LogP contribution >= 0.6 is 23.2 Å². The van der Waals surface area contributed by atoms with Gasteiger partial charge in [-0.05, 0) is 35.9 Å². The quantitative estimate of drug-likeness (QED) is 0.810. The summed E-state index contributed by atoms with van der Waals surface area (Å²) in [6.45, 7) is 0.506. The summed E-state index contributed by atoms with van der Waals surface area (Å²) in [7, 11) is 0. The van der Waals surface area contributed by atoms with Crippen molar-refractivity contribution in [3.8, 4) is 5.75 Å². The molecular weight excluding hydrogens is 299 g/mol. The molecule has 2 aromatic rings. The Hall–Kier alpha value is -1.91. The van der Waals surface area contributed by atoms with Crippen LogP contribution in [0, 0.1) is 0 Å². The van der Waals surface area contributed by atoms with E-state index in [2.05, 4.69) is 5.32 Å². The van der Waals surface area contributed by atoms with Crippen molar-refractivity contribution in [3.63, 3.8) is 0 Å². The number of carbonyl (C=O) groups is 1. The van der Waals surface area contributed by atoms with E-state index in [-0.39, 0.29) is 11.3 Å². The SMILES string of the molecule is NC(=O)c1ccc(NCc2ccc(O)c(Cl)c2)cc1Cl. The number of carbonyl (C=O) groups excluding carboxylic acids is 1. The summed E-state index contributed by atoms with van der Waals surface area (Å²) in [5.41, 5.74) is 7.12. The lowest BCUT2D eigenvalue weighted by Gasteiger charge is -2.09. The Morgan fingerprint density at radius 2 is 1.90 bits per heavy atom. The number of anilines is 1. The van der Waals surface area contributed by atoms with Gasteiger partial charge < -0.3 is 16.2 Å². The minimum Gasteiger partial charge on any atom is -0.506 e. The number of benzene rings is 2. The van der Waals surface area contributed by atoms with Gasteiger partial charge in [0.25, 0.3) is 0 Å². The summed E-state index contributed by atoms with van der Waals surface area (Å²) >= 11 is 11.8. The molecule has 0 fully saturated rings. The van der Waals surface area contributed by atoms with Gasteiger partial charge in [-0.25, -0.2) is 0 Å². The lowest BCUT2D eigenvalue weighted by molar-refractivity contribution is 0.100. The van der Waals surface area contributed by atoms with Gasteiger partial charge in [-0.2, -0.15) is 0 Å². The molecular formula is C14H12Cl2N2O2. The van der Waals surface area contributed by atoms with Gasteiger partial charge in [-0.3, -0.25) is 4.79 Å². The van der Waals surface area contributed by atoms with Gasteiger partial charge in [-0.15, -0.1) is 0 Å². The predicted molar refractivity (Wildman–Crippen MR) is 80.4 cm³/mol. The van der Waals surface area contributed by atoms with Crippen LogP contribution in [0.3, 0.4) is 0 Å². The maximum atomic E-state index is 11.1. The summed E-state index contributed by atoms with van der Waals surface area (Å²) in [5, 5.41) is 13.1. The van der Waals surface area contributed by atoms with E-state index in [1.165, 1.54) is 6.07 Å².